The Morgan fingerprint density at radius 1 is 0.812 bits per heavy atom. The third-order valence-electron chi connectivity index (χ3n) is 4.96. The molecule has 0 spiro atoms. The van der Waals surface area contributed by atoms with Gasteiger partial charge in [-0.05, 0) is 41.0 Å². The molecule has 0 saturated carbocycles. The van der Waals surface area contributed by atoms with Crippen molar-refractivity contribution in [2.24, 2.45) is 5.73 Å². The SMILES string of the molecule is CCCC.NCCN(CC=C(c1ccccc1)c1ccccc1)C(=O)c1ccc(F)cc1. The van der Waals surface area contributed by atoms with Crippen molar-refractivity contribution in [2.75, 3.05) is 19.6 Å². The van der Waals surface area contributed by atoms with Crippen molar-refractivity contribution in [3.05, 3.63) is 114 Å². The topological polar surface area (TPSA) is 46.3 Å². The molecule has 0 aromatic heterocycles. The molecule has 0 heterocycles. The zero-order valence-corrected chi connectivity index (χ0v) is 19.0. The van der Waals surface area contributed by atoms with Gasteiger partial charge in [-0.2, -0.15) is 0 Å². The number of rotatable bonds is 8. The molecule has 0 atom stereocenters. The van der Waals surface area contributed by atoms with Gasteiger partial charge in [-0.3, -0.25) is 4.79 Å². The fraction of sp³-hybridized carbons (Fsp3) is 0.250. The Labute approximate surface area is 191 Å². The van der Waals surface area contributed by atoms with Crippen LogP contribution in [-0.2, 0) is 0 Å². The second kappa shape index (κ2) is 13.9. The van der Waals surface area contributed by atoms with E-state index in [0.717, 1.165) is 16.7 Å². The predicted molar refractivity (Wildman–Crippen MR) is 132 cm³/mol. The van der Waals surface area contributed by atoms with Crippen LogP contribution in [0.25, 0.3) is 5.57 Å². The number of unbranched alkanes of at least 4 members (excludes halogenated alkanes) is 1. The monoisotopic (exact) mass is 432 g/mol. The van der Waals surface area contributed by atoms with Crippen molar-refractivity contribution >= 4 is 11.5 Å². The van der Waals surface area contributed by atoms with Crippen LogP contribution in [0.5, 0.6) is 0 Å². The molecule has 4 heteroatoms. The maximum atomic E-state index is 13.2. The molecule has 0 bridgehead atoms. The Kier molecular flexibility index (Phi) is 10.9. The summed E-state index contributed by atoms with van der Waals surface area (Å²) >= 11 is 0. The highest BCUT2D eigenvalue weighted by atomic mass is 19.1. The van der Waals surface area contributed by atoms with Gasteiger partial charge in [-0.15, -0.1) is 0 Å². The van der Waals surface area contributed by atoms with E-state index in [1.54, 1.807) is 4.90 Å². The van der Waals surface area contributed by atoms with E-state index in [1.165, 1.54) is 37.1 Å². The van der Waals surface area contributed by atoms with Gasteiger partial charge in [0, 0.05) is 25.2 Å². The molecule has 0 aliphatic heterocycles. The van der Waals surface area contributed by atoms with Gasteiger partial charge in [0.25, 0.3) is 5.91 Å². The van der Waals surface area contributed by atoms with Crippen LogP contribution in [0.2, 0.25) is 0 Å². The molecule has 168 valence electrons. The summed E-state index contributed by atoms with van der Waals surface area (Å²) in [4.78, 5) is 14.5. The third kappa shape index (κ3) is 7.78. The molecule has 1 amide bonds. The first-order valence-corrected chi connectivity index (χ1v) is 11.2. The van der Waals surface area contributed by atoms with Crippen LogP contribution in [0.1, 0.15) is 48.2 Å². The van der Waals surface area contributed by atoms with Gasteiger partial charge in [0.15, 0.2) is 0 Å². The standard InChI is InChI=1S/C24H23FN2O.C4H10/c25-22-13-11-21(12-14-22)24(28)27(18-16-26)17-15-23(19-7-3-1-4-8-19)20-9-5-2-6-10-20;1-3-4-2/h1-15H,16-18,26H2;3-4H2,1-2H3. The van der Waals surface area contributed by atoms with E-state index in [2.05, 4.69) is 13.8 Å². The lowest BCUT2D eigenvalue weighted by atomic mass is 9.97. The van der Waals surface area contributed by atoms with Crippen LogP contribution in [0.3, 0.4) is 0 Å². The van der Waals surface area contributed by atoms with Crippen molar-refractivity contribution in [3.63, 3.8) is 0 Å². The van der Waals surface area contributed by atoms with Crippen LogP contribution >= 0.6 is 0 Å². The van der Waals surface area contributed by atoms with Crippen molar-refractivity contribution in [3.8, 4) is 0 Å². The number of nitrogens with zero attached hydrogens (tertiary/aromatic N) is 1. The number of carbonyl (C=O) groups excluding carboxylic acids is 1. The number of carbonyl (C=O) groups is 1. The fourth-order valence-corrected chi connectivity index (χ4v) is 3.05. The summed E-state index contributed by atoms with van der Waals surface area (Å²) in [6.45, 7) is 5.54. The summed E-state index contributed by atoms with van der Waals surface area (Å²) in [6.07, 6.45) is 4.68. The number of amides is 1. The molecule has 3 nitrogen and oxygen atoms in total. The lowest BCUT2D eigenvalue weighted by molar-refractivity contribution is 0.0778. The smallest absolute Gasteiger partial charge is 0.254 e. The van der Waals surface area contributed by atoms with Gasteiger partial charge < -0.3 is 10.6 Å². The molecule has 3 aromatic carbocycles. The summed E-state index contributed by atoms with van der Waals surface area (Å²) < 4.78 is 13.2. The zero-order chi connectivity index (χ0) is 23.2. The first-order valence-electron chi connectivity index (χ1n) is 11.2. The molecular formula is C28H33FN2O. The highest BCUT2D eigenvalue weighted by Crippen LogP contribution is 2.23. The molecular weight excluding hydrogens is 399 g/mol. The van der Waals surface area contributed by atoms with Crippen molar-refractivity contribution in [1.82, 2.24) is 4.90 Å². The first-order chi connectivity index (χ1) is 15.6. The summed E-state index contributed by atoms with van der Waals surface area (Å²) in [5, 5.41) is 0. The van der Waals surface area contributed by atoms with Gasteiger partial charge in [0.05, 0.1) is 0 Å². The van der Waals surface area contributed by atoms with Crippen LogP contribution in [0.4, 0.5) is 4.39 Å². The minimum Gasteiger partial charge on any atom is -0.334 e. The lowest BCUT2D eigenvalue weighted by Crippen LogP contribution is -2.35. The van der Waals surface area contributed by atoms with Gasteiger partial charge in [-0.25, -0.2) is 4.39 Å². The highest BCUT2D eigenvalue weighted by Gasteiger charge is 2.15. The van der Waals surface area contributed by atoms with Crippen LogP contribution in [-0.4, -0.2) is 30.4 Å². The summed E-state index contributed by atoms with van der Waals surface area (Å²) in [6, 6.07) is 25.7. The number of hydrogen-bond acceptors (Lipinski definition) is 2. The minimum atomic E-state index is -0.364. The second-order valence-electron chi connectivity index (χ2n) is 7.40. The molecule has 0 saturated heterocycles. The molecule has 2 N–H and O–H groups in total. The quantitative estimate of drug-likeness (QED) is 0.463. The Balaban J connectivity index is 0.000000837. The van der Waals surface area contributed by atoms with Crippen LogP contribution in [0, 0.1) is 5.82 Å². The average Bonchev–Trinajstić information content (AvgIpc) is 2.85. The van der Waals surface area contributed by atoms with E-state index >= 15 is 0 Å². The lowest BCUT2D eigenvalue weighted by Gasteiger charge is -2.21. The largest absolute Gasteiger partial charge is 0.334 e. The molecule has 0 unspecified atom stereocenters. The molecule has 0 radical (unpaired) electrons. The highest BCUT2D eigenvalue weighted by molar-refractivity contribution is 5.94. The molecule has 32 heavy (non-hydrogen) atoms. The van der Waals surface area contributed by atoms with Crippen LogP contribution < -0.4 is 5.73 Å². The first kappa shape index (κ1) is 25.0. The predicted octanol–water partition coefficient (Wildman–Crippen LogP) is 6.16. The molecule has 3 aromatic rings. The fourth-order valence-electron chi connectivity index (χ4n) is 3.05. The normalized spacial score (nSPS) is 10.0. The number of halogens is 1. The number of nitrogens with two attached hydrogens (primary N) is 1. The van der Waals surface area contributed by atoms with Crippen molar-refractivity contribution < 1.29 is 9.18 Å². The van der Waals surface area contributed by atoms with E-state index in [-0.39, 0.29) is 11.7 Å². The Hall–Kier alpha value is -3.24. The van der Waals surface area contributed by atoms with E-state index in [4.69, 9.17) is 5.73 Å². The van der Waals surface area contributed by atoms with Gasteiger partial charge in [0.1, 0.15) is 5.82 Å². The van der Waals surface area contributed by atoms with E-state index in [0.29, 0.717) is 25.2 Å². The number of benzene rings is 3. The average molecular weight is 433 g/mol. The summed E-state index contributed by atoms with van der Waals surface area (Å²) in [5.74, 6) is -0.528. The van der Waals surface area contributed by atoms with E-state index in [9.17, 15) is 9.18 Å². The van der Waals surface area contributed by atoms with Crippen LogP contribution in [0.15, 0.2) is 91.0 Å². The van der Waals surface area contributed by atoms with Gasteiger partial charge in [0.2, 0.25) is 0 Å². The third-order valence-corrected chi connectivity index (χ3v) is 4.96. The Bertz CT molecular complexity index is 910. The number of hydrogen-bond donors (Lipinski definition) is 1. The Morgan fingerprint density at radius 2 is 1.31 bits per heavy atom. The molecule has 3 rings (SSSR count). The maximum Gasteiger partial charge on any atom is 0.254 e. The maximum absolute atomic E-state index is 13.2. The van der Waals surface area contributed by atoms with Crippen molar-refractivity contribution in [2.45, 2.75) is 26.7 Å². The summed E-state index contributed by atoms with van der Waals surface area (Å²) in [5.41, 5.74) is 9.38. The Morgan fingerprint density at radius 3 is 1.75 bits per heavy atom. The van der Waals surface area contributed by atoms with E-state index < -0.39 is 0 Å². The second-order valence-corrected chi connectivity index (χ2v) is 7.40. The van der Waals surface area contributed by atoms with Gasteiger partial charge >= 0.3 is 0 Å². The molecule has 0 fully saturated rings. The zero-order valence-electron chi connectivity index (χ0n) is 19.0. The molecule has 0 aliphatic rings. The molecule has 0 aliphatic carbocycles. The van der Waals surface area contributed by atoms with Crippen molar-refractivity contribution in [1.29, 1.82) is 0 Å². The summed E-state index contributed by atoms with van der Waals surface area (Å²) in [7, 11) is 0. The minimum absolute atomic E-state index is 0.165. The van der Waals surface area contributed by atoms with E-state index in [1.807, 2.05) is 66.7 Å². The van der Waals surface area contributed by atoms with Gasteiger partial charge in [-0.1, -0.05) is 93.4 Å².